The summed E-state index contributed by atoms with van der Waals surface area (Å²) in [6, 6.07) is 15.1. The number of rotatable bonds is 4. The van der Waals surface area contributed by atoms with Crippen LogP contribution in [0.1, 0.15) is 11.1 Å². The van der Waals surface area contributed by atoms with Crippen molar-refractivity contribution in [2.75, 3.05) is 7.11 Å². The number of para-hydroxylation sites is 1. The van der Waals surface area contributed by atoms with Gasteiger partial charge in [-0.15, -0.1) is 0 Å². The Balaban J connectivity index is 2.05. The van der Waals surface area contributed by atoms with Crippen LogP contribution in [0.25, 0.3) is 6.08 Å². The second-order valence-electron chi connectivity index (χ2n) is 4.01. The molecular weight excluding hydrogens is 224 g/mol. The van der Waals surface area contributed by atoms with E-state index in [0.717, 1.165) is 23.3 Å². The molecule has 2 nitrogen and oxygen atoms in total. The van der Waals surface area contributed by atoms with Gasteiger partial charge >= 0.3 is 0 Å². The SMILES string of the molecule is COc1ccccc1CC=Cc1ccc(O)cc1. The summed E-state index contributed by atoms with van der Waals surface area (Å²) < 4.78 is 5.30. The van der Waals surface area contributed by atoms with Crippen molar-refractivity contribution in [3.8, 4) is 11.5 Å². The molecule has 92 valence electrons. The average molecular weight is 240 g/mol. The smallest absolute Gasteiger partial charge is 0.122 e. The highest BCUT2D eigenvalue weighted by molar-refractivity contribution is 5.51. The second-order valence-corrected chi connectivity index (χ2v) is 4.01. The van der Waals surface area contributed by atoms with Crippen LogP contribution in [-0.2, 0) is 6.42 Å². The molecule has 0 amide bonds. The quantitative estimate of drug-likeness (QED) is 0.883. The van der Waals surface area contributed by atoms with E-state index in [2.05, 4.69) is 12.1 Å². The number of hydrogen-bond donors (Lipinski definition) is 1. The number of phenolic OH excluding ortho intramolecular Hbond substituents is 1. The van der Waals surface area contributed by atoms with E-state index in [1.54, 1.807) is 19.2 Å². The van der Waals surface area contributed by atoms with Gasteiger partial charge in [0, 0.05) is 0 Å². The highest BCUT2D eigenvalue weighted by atomic mass is 16.5. The number of aromatic hydroxyl groups is 1. The molecule has 0 saturated heterocycles. The van der Waals surface area contributed by atoms with Gasteiger partial charge in [0.05, 0.1) is 7.11 Å². The monoisotopic (exact) mass is 240 g/mol. The van der Waals surface area contributed by atoms with Crippen molar-refractivity contribution in [2.24, 2.45) is 0 Å². The zero-order valence-electron chi connectivity index (χ0n) is 10.3. The van der Waals surface area contributed by atoms with Crippen LogP contribution in [0, 0.1) is 0 Å². The molecule has 2 aromatic rings. The van der Waals surface area contributed by atoms with E-state index in [9.17, 15) is 5.11 Å². The fourth-order valence-electron chi connectivity index (χ4n) is 1.78. The predicted molar refractivity (Wildman–Crippen MR) is 73.8 cm³/mol. The third kappa shape index (κ3) is 3.14. The molecule has 0 spiro atoms. The number of phenols is 1. The van der Waals surface area contributed by atoms with E-state index in [1.165, 1.54) is 0 Å². The number of hydrogen-bond acceptors (Lipinski definition) is 2. The molecule has 18 heavy (non-hydrogen) atoms. The summed E-state index contributed by atoms with van der Waals surface area (Å²) in [4.78, 5) is 0. The van der Waals surface area contributed by atoms with E-state index in [-0.39, 0.29) is 5.75 Å². The van der Waals surface area contributed by atoms with Crippen LogP contribution in [0.4, 0.5) is 0 Å². The summed E-state index contributed by atoms with van der Waals surface area (Å²) in [5, 5.41) is 9.19. The van der Waals surface area contributed by atoms with E-state index in [0.29, 0.717) is 0 Å². The van der Waals surface area contributed by atoms with Crippen molar-refractivity contribution in [1.29, 1.82) is 0 Å². The minimum atomic E-state index is 0.289. The van der Waals surface area contributed by atoms with Crippen LogP contribution < -0.4 is 4.74 Å². The maximum Gasteiger partial charge on any atom is 0.122 e. The first-order chi connectivity index (χ1) is 8.79. The Bertz CT molecular complexity index is 527. The van der Waals surface area contributed by atoms with Crippen LogP contribution in [-0.4, -0.2) is 12.2 Å². The highest BCUT2D eigenvalue weighted by Gasteiger charge is 1.98. The van der Waals surface area contributed by atoms with Gasteiger partial charge < -0.3 is 9.84 Å². The van der Waals surface area contributed by atoms with Gasteiger partial charge in [-0.2, -0.15) is 0 Å². The van der Waals surface area contributed by atoms with Crippen molar-refractivity contribution >= 4 is 6.08 Å². The Labute approximate surface area is 107 Å². The molecule has 0 aliphatic carbocycles. The molecule has 0 fully saturated rings. The van der Waals surface area contributed by atoms with Gasteiger partial charge in [-0.1, -0.05) is 42.5 Å². The van der Waals surface area contributed by atoms with Gasteiger partial charge in [-0.05, 0) is 35.7 Å². The Kier molecular flexibility index (Phi) is 4.02. The maximum atomic E-state index is 9.19. The minimum absolute atomic E-state index is 0.289. The topological polar surface area (TPSA) is 29.5 Å². The summed E-state index contributed by atoms with van der Waals surface area (Å²) >= 11 is 0. The van der Waals surface area contributed by atoms with Crippen molar-refractivity contribution in [1.82, 2.24) is 0 Å². The van der Waals surface area contributed by atoms with Crippen LogP contribution in [0.5, 0.6) is 11.5 Å². The molecular formula is C16H16O2. The summed E-state index contributed by atoms with van der Waals surface area (Å²) in [5.74, 6) is 1.20. The Morgan fingerprint density at radius 1 is 1.06 bits per heavy atom. The highest BCUT2D eigenvalue weighted by Crippen LogP contribution is 2.18. The zero-order chi connectivity index (χ0) is 12.8. The van der Waals surface area contributed by atoms with Crippen molar-refractivity contribution in [3.63, 3.8) is 0 Å². The van der Waals surface area contributed by atoms with Gasteiger partial charge in [0.25, 0.3) is 0 Å². The van der Waals surface area contributed by atoms with Gasteiger partial charge in [0.15, 0.2) is 0 Å². The summed E-state index contributed by atoms with van der Waals surface area (Å²) in [5.41, 5.74) is 2.23. The molecule has 0 aromatic heterocycles. The summed E-state index contributed by atoms with van der Waals surface area (Å²) in [6.45, 7) is 0. The van der Waals surface area contributed by atoms with Crippen LogP contribution in [0.3, 0.4) is 0 Å². The number of ether oxygens (including phenoxy) is 1. The molecule has 0 aliphatic heterocycles. The van der Waals surface area contributed by atoms with E-state index in [1.807, 2.05) is 36.4 Å². The minimum Gasteiger partial charge on any atom is -0.508 e. The van der Waals surface area contributed by atoms with E-state index in [4.69, 9.17) is 4.74 Å². The molecule has 0 bridgehead atoms. The van der Waals surface area contributed by atoms with E-state index >= 15 is 0 Å². The first kappa shape index (κ1) is 12.2. The molecule has 2 heteroatoms. The third-order valence-corrected chi connectivity index (χ3v) is 2.73. The molecule has 2 aromatic carbocycles. The number of allylic oxidation sites excluding steroid dienone is 1. The maximum absolute atomic E-state index is 9.19. The lowest BCUT2D eigenvalue weighted by molar-refractivity contribution is 0.411. The zero-order valence-corrected chi connectivity index (χ0v) is 10.3. The lowest BCUT2D eigenvalue weighted by Crippen LogP contribution is -1.89. The van der Waals surface area contributed by atoms with Crippen molar-refractivity contribution < 1.29 is 9.84 Å². The Hall–Kier alpha value is -2.22. The van der Waals surface area contributed by atoms with Crippen LogP contribution >= 0.6 is 0 Å². The van der Waals surface area contributed by atoms with E-state index < -0.39 is 0 Å². The molecule has 0 unspecified atom stereocenters. The van der Waals surface area contributed by atoms with Gasteiger partial charge in [-0.3, -0.25) is 0 Å². The molecule has 0 heterocycles. The largest absolute Gasteiger partial charge is 0.508 e. The fraction of sp³-hybridized carbons (Fsp3) is 0.125. The molecule has 0 aliphatic rings. The second kappa shape index (κ2) is 5.92. The first-order valence-electron chi connectivity index (χ1n) is 5.87. The Morgan fingerprint density at radius 3 is 2.50 bits per heavy atom. The Morgan fingerprint density at radius 2 is 1.78 bits per heavy atom. The summed E-state index contributed by atoms with van der Waals surface area (Å²) in [6.07, 6.45) is 4.95. The fourth-order valence-corrected chi connectivity index (χ4v) is 1.78. The van der Waals surface area contributed by atoms with Crippen LogP contribution in [0.2, 0.25) is 0 Å². The third-order valence-electron chi connectivity index (χ3n) is 2.73. The molecule has 2 rings (SSSR count). The summed E-state index contributed by atoms with van der Waals surface area (Å²) in [7, 11) is 1.68. The molecule has 0 radical (unpaired) electrons. The average Bonchev–Trinajstić information content (AvgIpc) is 2.41. The van der Waals surface area contributed by atoms with Crippen LogP contribution in [0.15, 0.2) is 54.6 Å². The molecule has 0 atom stereocenters. The predicted octanol–water partition coefficient (Wildman–Crippen LogP) is 3.66. The normalized spacial score (nSPS) is 10.7. The van der Waals surface area contributed by atoms with Crippen molar-refractivity contribution in [3.05, 3.63) is 65.7 Å². The molecule has 1 N–H and O–H groups in total. The van der Waals surface area contributed by atoms with Gasteiger partial charge in [0.2, 0.25) is 0 Å². The number of methoxy groups -OCH3 is 1. The van der Waals surface area contributed by atoms with Gasteiger partial charge in [0.1, 0.15) is 11.5 Å². The standard InChI is InChI=1S/C16H16O2/c1-18-16-8-3-2-6-14(16)7-4-5-13-9-11-15(17)12-10-13/h2-6,8-12,17H,7H2,1H3. The molecule has 0 saturated carbocycles. The van der Waals surface area contributed by atoms with Crippen molar-refractivity contribution in [2.45, 2.75) is 6.42 Å². The lowest BCUT2D eigenvalue weighted by atomic mass is 10.1. The van der Waals surface area contributed by atoms with Gasteiger partial charge in [-0.25, -0.2) is 0 Å². The first-order valence-corrected chi connectivity index (χ1v) is 5.87. The number of benzene rings is 2. The lowest BCUT2D eigenvalue weighted by Gasteiger charge is -2.05.